The number of unbranched alkanes of at least 4 members (excludes halogenated alkanes) is 12. The van der Waals surface area contributed by atoms with E-state index in [2.05, 4.69) is 29.3 Å². The van der Waals surface area contributed by atoms with Gasteiger partial charge < -0.3 is 46.3 Å². The molecule has 0 aliphatic carbocycles. The van der Waals surface area contributed by atoms with E-state index in [0.717, 1.165) is 107 Å². The van der Waals surface area contributed by atoms with Crippen LogP contribution in [0, 0.1) is 0 Å². The number of esters is 1. The Morgan fingerprint density at radius 2 is 1.65 bits per heavy atom. The van der Waals surface area contributed by atoms with Crippen LogP contribution in [0.5, 0.6) is 0 Å². The van der Waals surface area contributed by atoms with Gasteiger partial charge in [-0.1, -0.05) is 89.7 Å². The lowest BCUT2D eigenvalue weighted by atomic mass is 9.94. The zero-order valence-electron chi connectivity index (χ0n) is 35.8. The number of ether oxygens (including phenoxy) is 2. The van der Waals surface area contributed by atoms with E-state index in [4.69, 9.17) is 25.9 Å². The molecule has 0 aromatic carbocycles. The quantitative estimate of drug-likeness (QED) is 0.0310. The summed E-state index contributed by atoms with van der Waals surface area (Å²) in [5.41, 5.74) is 12.3. The summed E-state index contributed by atoms with van der Waals surface area (Å²) in [5.74, 6) is 0.757. The number of aliphatic imine (C=N–C) groups is 1. The highest BCUT2D eigenvalue weighted by molar-refractivity contribution is 5.96. The lowest BCUT2D eigenvalue weighted by molar-refractivity contribution is -0.140. The maximum atomic E-state index is 13.8. The number of hydrogen-bond donors (Lipinski definition) is 5. The molecule has 1 unspecified atom stereocenters. The average Bonchev–Trinajstić information content (AvgIpc) is 3.50. The third-order valence-electron chi connectivity index (χ3n) is 12.3. The van der Waals surface area contributed by atoms with E-state index in [0.29, 0.717) is 58.5 Å². The van der Waals surface area contributed by atoms with Gasteiger partial charge in [0.15, 0.2) is 5.72 Å². The Bertz CT molecular complexity index is 1290. The molecule has 0 aromatic rings. The monoisotopic (exact) mass is 801 g/mol. The number of nitrogens with one attached hydrogen (secondary N) is 1. The van der Waals surface area contributed by atoms with Gasteiger partial charge in [-0.05, 0) is 90.6 Å². The second-order valence-electron chi connectivity index (χ2n) is 17.2. The first-order valence-corrected chi connectivity index (χ1v) is 23.1. The zero-order chi connectivity index (χ0) is 40.9. The molecule has 1 fully saturated rings. The van der Waals surface area contributed by atoms with Gasteiger partial charge in [-0.2, -0.15) is 0 Å². The maximum absolute atomic E-state index is 13.8. The summed E-state index contributed by atoms with van der Waals surface area (Å²) in [6, 6.07) is 0.249. The molecule has 4 aliphatic rings. The molecule has 57 heavy (non-hydrogen) atoms. The van der Waals surface area contributed by atoms with E-state index >= 15 is 0 Å². The summed E-state index contributed by atoms with van der Waals surface area (Å²) in [6.45, 7) is 6.33. The van der Waals surface area contributed by atoms with Crippen LogP contribution in [-0.2, 0) is 19.1 Å². The van der Waals surface area contributed by atoms with Crippen LogP contribution in [0.25, 0.3) is 0 Å². The number of carbonyl (C=O) groups is 2. The molecule has 6 atom stereocenters. The molecule has 326 valence electrons. The van der Waals surface area contributed by atoms with E-state index < -0.39 is 11.8 Å². The van der Waals surface area contributed by atoms with Crippen molar-refractivity contribution < 1.29 is 29.3 Å². The van der Waals surface area contributed by atoms with E-state index in [1.54, 1.807) is 4.90 Å². The van der Waals surface area contributed by atoms with Crippen LogP contribution >= 0.6 is 0 Å². The first-order valence-electron chi connectivity index (χ1n) is 23.1. The largest absolute Gasteiger partial charge is 0.462 e. The lowest BCUT2D eigenvalue weighted by Crippen LogP contribution is -2.59. The maximum Gasteiger partial charge on any atom is 0.337 e. The van der Waals surface area contributed by atoms with Crippen LogP contribution in [0.1, 0.15) is 174 Å². The summed E-state index contributed by atoms with van der Waals surface area (Å²) >= 11 is 0. The van der Waals surface area contributed by atoms with Gasteiger partial charge in [0.2, 0.25) is 11.9 Å². The van der Waals surface area contributed by atoms with Crippen molar-refractivity contribution in [3.8, 4) is 0 Å². The van der Waals surface area contributed by atoms with Gasteiger partial charge in [0.25, 0.3) is 0 Å². The molecule has 4 aliphatic heterocycles. The van der Waals surface area contributed by atoms with Gasteiger partial charge in [-0.25, -0.2) is 9.79 Å². The number of amides is 1. The summed E-state index contributed by atoms with van der Waals surface area (Å²) in [7, 11) is 0. The molecule has 1 amide bonds. The van der Waals surface area contributed by atoms with Gasteiger partial charge >= 0.3 is 5.97 Å². The average molecular weight is 801 g/mol. The first kappa shape index (κ1) is 47.2. The van der Waals surface area contributed by atoms with Gasteiger partial charge in [0.1, 0.15) is 0 Å². The molecule has 1 saturated heterocycles. The normalized spacial score (nSPS) is 23.9. The first-order chi connectivity index (χ1) is 27.7. The number of nitrogens with zero attached hydrogens (tertiary/aromatic N) is 3. The third-order valence-corrected chi connectivity index (χ3v) is 12.3. The third kappa shape index (κ3) is 15.6. The van der Waals surface area contributed by atoms with Crippen LogP contribution in [-0.4, -0.2) is 107 Å². The van der Waals surface area contributed by atoms with Gasteiger partial charge in [0, 0.05) is 44.1 Å². The molecule has 7 N–H and O–H groups in total. The van der Waals surface area contributed by atoms with Crippen LogP contribution in [0.15, 0.2) is 28.4 Å². The highest BCUT2D eigenvalue weighted by Gasteiger charge is 2.52. The second kappa shape index (κ2) is 25.9. The van der Waals surface area contributed by atoms with E-state index in [9.17, 15) is 19.8 Å². The van der Waals surface area contributed by atoms with Crippen molar-refractivity contribution >= 4 is 17.8 Å². The van der Waals surface area contributed by atoms with E-state index in [1.165, 1.54) is 44.9 Å². The van der Waals surface area contributed by atoms with Crippen molar-refractivity contribution in [3.05, 3.63) is 23.4 Å². The molecular weight excluding hydrogens is 721 g/mol. The minimum Gasteiger partial charge on any atom is -0.462 e. The molecule has 4 heterocycles. The number of guanidine groups is 1. The minimum absolute atomic E-state index is 0.0283. The number of aliphatic hydroxyl groups excluding tert-OH is 2. The Morgan fingerprint density at radius 3 is 2.30 bits per heavy atom. The Kier molecular flexibility index (Phi) is 21.4. The predicted octanol–water partition coefficient (Wildman–Crippen LogP) is 6.72. The Labute approximate surface area is 344 Å². The SMILES string of the molecule is CC[C@H]1C=CCC[C@@]2(C[C@@H]3CCC4C(C(=O)OCCCCCCCCCCCCCCCC(=O)N(CCCN)C[C@@H](O)CCN)=C(CCC[C@@H](C)O)NC(=N2)N43)O1. The molecule has 0 radical (unpaired) electrons. The Morgan fingerprint density at radius 1 is 0.965 bits per heavy atom. The molecule has 0 aromatic heterocycles. The van der Waals surface area contributed by atoms with Gasteiger partial charge in [0.05, 0.1) is 36.5 Å². The van der Waals surface area contributed by atoms with Crippen LogP contribution in [0.2, 0.25) is 0 Å². The van der Waals surface area contributed by atoms with Gasteiger partial charge in [-0.15, -0.1) is 0 Å². The number of hydrogen-bond acceptors (Lipinski definition) is 11. The van der Waals surface area contributed by atoms with Gasteiger partial charge in [-0.3, -0.25) is 4.79 Å². The molecule has 0 bridgehead atoms. The summed E-state index contributed by atoms with van der Waals surface area (Å²) < 4.78 is 12.6. The second-order valence-corrected chi connectivity index (χ2v) is 17.2. The number of aliphatic hydroxyl groups is 2. The number of rotatable bonds is 29. The standard InChI is InChI=1S/C45H80N6O6/c1-3-38-22-16-17-28-45(57-38)33-36-25-26-40-42(39(23-19-21-35(2)52)48-44(49-45)51(36)40)43(55)56-32-18-14-12-10-8-6-4-5-7-9-11-13-15-24-41(54)50(31-20-29-46)34-37(53)27-30-47/h16,22,35-38,40,52-53H,3-15,17-21,23-34,46-47H2,1-2H3,(H,48,49)/t35-,36+,37+,38+,40?,45+/m1/s1. The lowest BCUT2D eigenvalue weighted by Gasteiger charge is -2.47. The van der Waals surface area contributed by atoms with Crippen LogP contribution in [0.4, 0.5) is 0 Å². The van der Waals surface area contributed by atoms with Crippen LogP contribution < -0.4 is 16.8 Å². The van der Waals surface area contributed by atoms with Crippen molar-refractivity contribution in [2.75, 3.05) is 32.8 Å². The predicted molar refractivity (Wildman–Crippen MR) is 228 cm³/mol. The summed E-state index contributed by atoms with van der Waals surface area (Å²) in [6.07, 6.45) is 28.0. The molecule has 4 rings (SSSR count). The molecular formula is C45H80N6O6. The smallest absolute Gasteiger partial charge is 0.337 e. The topological polar surface area (TPSA) is 176 Å². The van der Waals surface area contributed by atoms with E-state index in [-0.39, 0.29) is 36.2 Å². The molecule has 12 nitrogen and oxygen atoms in total. The molecule has 12 heteroatoms. The highest BCUT2D eigenvalue weighted by atomic mass is 16.5. The number of allylic oxidation sites excluding steroid dienone is 2. The fourth-order valence-corrected chi connectivity index (χ4v) is 9.13. The number of nitrogens with two attached hydrogens (primary N) is 2. The fourth-order valence-electron chi connectivity index (χ4n) is 9.13. The summed E-state index contributed by atoms with van der Waals surface area (Å²) in [4.78, 5) is 35.8. The van der Waals surface area contributed by atoms with Crippen molar-refractivity contribution in [1.29, 1.82) is 0 Å². The Hall–Kier alpha value is -2.51. The minimum atomic E-state index is -0.567. The van der Waals surface area contributed by atoms with Crippen molar-refractivity contribution in [2.45, 2.75) is 210 Å². The van der Waals surface area contributed by atoms with Crippen molar-refractivity contribution in [2.24, 2.45) is 16.5 Å². The molecule has 1 spiro atoms. The zero-order valence-corrected chi connectivity index (χ0v) is 35.8. The number of carbonyl (C=O) groups excluding carboxylic acids is 2. The van der Waals surface area contributed by atoms with Crippen molar-refractivity contribution in [3.63, 3.8) is 0 Å². The molecule has 0 saturated carbocycles. The van der Waals surface area contributed by atoms with Crippen LogP contribution in [0.3, 0.4) is 0 Å². The van der Waals surface area contributed by atoms with Crippen molar-refractivity contribution in [1.82, 2.24) is 15.1 Å². The Balaban J connectivity index is 1.09. The van der Waals surface area contributed by atoms with E-state index in [1.807, 2.05) is 6.92 Å². The summed E-state index contributed by atoms with van der Waals surface area (Å²) in [5, 5.41) is 23.7. The highest BCUT2D eigenvalue weighted by Crippen LogP contribution is 2.44. The fraction of sp³-hybridized carbons (Fsp3) is 0.844.